The Balaban J connectivity index is 1.34. The fraction of sp³-hybridized carbons (Fsp3) is 0.500. The third kappa shape index (κ3) is 3.56. The summed E-state index contributed by atoms with van der Waals surface area (Å²) in [6, 6.07) is 8.59. The minimum absolute atomic E-state index is 0.166. The number of benzene rings is 1. The van der Waals surface area contributed by atoms with Crippen molar-refractivity contribution in [1.29, 1.82) is 0 Å². The Morgan fingerprint density at radius 1 is 1.18 bits per heavy atom. The highest BCUT2D eigenvalue weighted by molar-refractivity contribution is 7.91. The number of piperidine rings is 1. The molecule has 1 saturated heterocycles. The van der Waals surface area contributed by atoms with Crippen LogP contribution in [0.2, 0.25) is 5.02 Å². The number of hydrogen-bond acceptors (Lipinski definition) is 6. The van der Waals surface area contributed by atoms with E-state index in [0.29, 0.717) is 11.7 Å². The standard InChI is InChI=1S/C20H24ClN5OS/c21-14-3-1-12(2-4-14)13-5-8-26(9-6-13)20-24-16-7-10-28(27)18(16)19(25-20)23-17-11-15(17)22/h1-4,13,15,17H,5-11,22H2,(H,23,24,25)/t15-,17-,28?/m0/s1. The zero-order valence-electron chi connectivity index (χ0n) is 15.6. The molecule has 2 fully saturated rings. The molecule has 1 aromatic heterocycles. The molecule has 0 spiro atoms. The first-order valence-electron chi connectivity index (χ1n) is 9.90. The monoisotopic (exact) mass is 417 g/mol. The number of nitrogens with zero attached hydrogens (tertiary/aromatic N) is 3. The third-order valence-electron chi connectivity index (χ3n) is 5.96. The summed E-state index contributed by atoms with van der Waals surface area (Å²) in [6.07, 6.45) is 3.81. The first-order chi connectivity index (χ1) is 13.6. The number of halogens is 1. The highest BCUT2D eigenvalue weighted by atomic mass is 35.5. The number of fused-ring (bicyclic) bond motifs is 1. The van der Waals surface area contributed by atoms with Crippen molar-refractivity contribution < 1.29 is 4.55 Å². The summed E-state index contributed by atoms with van der Waals surface area (Å²) in [7, 11) is 0. The smallest absolute Gasteiger partial charge is 0.227 e. The molecule has 1 aromatic carbocycles. The molecule has 0 radical (unpaired) electrons. The van der Waals surface area contributed by atoms with Gasteiger partial charge in [0.25, 0.3) is 0 Å². The van der Waals surface area contributed by atoms with Crippen molar-refractivity contribution in [2.75, 3.05) is 29.1 Å². The first kappa shape index (κ1) is 18.5. The highest BCUT2D eigenvalue weighted by Gasteiger charge is 2.39. The molecule has 1 saturated carbocycles. The van der Waals surface area contributed by atoms with E-state index in [1.165, 1.54) is 5.56 Å². The molecular weight excluding hydrogens is 394 g/mol. The minimum Gasteiger partial charge on any atom is -0.611 e. The zero-order chi connectivity index (χ0) is 19.3. The Morgan fingerprint density at radius 3 is 2.57 bits per heavy atom. The molecule has 28 heavy (non-hydrogen) atoms. The van der Waals surface area contributed by atoms with Crippen LogP contribution in [0.15, 0.2) is 29.2 Å². The van der Waals surface area contributed by atoms with Gasteiger partial charge in [-0.1, -0.05) is 23.7 Å². The van der Waals surface area contributed by atoms with E-state index in [2.05, 4.69) is 22.3 Å². The van der Waals surface area contributed by atoms with E-state index in [0.717, 1.165) is 66.2 Å². The van der Waals surface area contributed by atoms with Crippen LogP contribution >= 0.6 is 11.6 Å². The van der Waals surface area contributed by atoms with Gasteiger partial charge < -0.3 is 20.5 Å². The molecule has 1 unspecified atom stereocenters. The molecule has 2 aliphatic heterocycles. The molecule has 3 atom stereocenters. The topological polar surface area (TPSA) is 90.1 Å². The molecule has 3 N–H and O–H groups in total. The second kappa shape index (κ2) is 7.37. The Morgan fingerprint density at radius 2 is 1.89 bits per heavy atom. The predicted octanol–water partition coefficient (Wildman–Crippen LogP) is 2.69. The Hall–Kier alpha value is -1.54. The lowest BCUT2D eigenvalue weighted by Gasteiger charge is -2.32. The zero-order valence-corrected chi connectivity index (χ0v) is 17.2. The summed E-state index contributed by atoms with van der Waals surface area (Å²) < 4.78 is 12.4. The average Bonchev–Trinajstić information content (AvgIpc) is 3.26. The molecule has 3 aliphatic rings. The van der Waals surface area contributed by atoms with E-state index >= 15 is 0 Å². The van der Waals surface area contributed by atoms with Crippen LogP contribution in [0.1, 0.15) is 36.4 Å². The van der Waals surface area contributed by atoms with Gasteiger partial charge in [0.05, 0.1) is 0 Å². The second-order valence-corrected chi connectivity index (χ2v) is 9.85. The third-order valence-corrected chi connectivity index (χ3v) is 7.67. The van der Waals surface area contributed by atoms with Gasteiger partial charge >= 0.3 is 0 Å². The van der Waals surface area contributed by atoms with Crippen LogP contribution in [0.5, 0.6) is 0 Å². The summed E-state index contributed by atoms with van der Waals surface area (Å²) in [5.41, 5.74) is 8.23. The van der Waals surface area contributed by atoms with Crippen molar-refractivity contribution in [3.05, 3.63) is 40.5 Å². The van der Waals surface area contributed by atoms with Gasteiger partial charge in [-0.05, 0) is 54.1 Å². The van der Waals surface area contributed by atoms with E-state index in [1.807, 2.05) is 12.1 Å². The number of hydrogen-bond donors (Lipinski definition) is 2. The van der Waals surface area contributed by atoms with Gasteiger partial charge in [-0.3, -0.25) is 0 Å². The Bertz CT molecular complexity index is 872. The lowest BCUT2D eigenvalue weighted by atomic mass is 9.89. The van der Waals surface area contributed by atoms with Gasteiger partial charge in [-0.2, -0.15) is 4.98 Å². The van der Waals surface area contributed by atoms with Gasteiger partial charge in [0.15, 0.2) is 5.82 Å². The van der Waals surface area contributed by atoms with E-state index in [1.54, 1.807) is 0 Å². The van der Waals surface area contributed by atoms with Crippen molar-refractivity contribution in [2.45, 2.75) is 48.6 Å². The maximum atomic E-state index is 12.4. The lowest BCUT2D eigenvalue weighted by Crippen LogP contribution is -2.34. The lowest BCUT2D eigenvalue weighted by molar-refractivity contribution is 0.499. The van der Waals surface area contributed by atoms with Gasteiger partial charge in [-0.25, -0.2) is 4.98 Å². The van der Waals surface area contributed by atoms with Crippen molar-refractivity contribution in [1.82, 2.24) is 9.97 Å². The maximum Gasteiger partial charge on any atom is 0.227 e. The van der Waals surface area contributed by atoms with E-state index < -0.39 is 11.2 Å². The number of nitrogens with one attached hydrogen (secondary N) is 1. The number of aromatic nitrogens is 2. The van der Waals surface area contributed by atoms with E-state index in [-0.39, 0.29) is 12.1 Å². The summed E-state index contributed by atoms with van der Waals surface area (Å²) in [4.78, 5) is 12.6. The normalized spacial score (nSPS) is 27.0. The van der Waals surface area contributed by atoms with E-state index in [9.17, 15) is 4.55 Å². The molecule has 0 amide bonds. The van der Waals surface area contributed by atoms with Gasteiger partial charge in [0.1, 0.15) is 11.4 Å². The average molecular weight is 418 g/mol. The van der Waals surface area contributed by atoms with Crippen LogP contribution in [-0.2, 0) is 17.6 Å². The quantitative estimate of drug-likeness (QED) is 0.743. The summed E-state index contributed by atoms with van der Waals surface area (Å²) in [6.45, 7) is 1.83. The molecule has 1 aliphatic carbocycles. The fourth-order valence-corrected chi connectivity index (χ4v) is 5.57. The van der Waals surface area contributed by atoms with Crippen LogP contribution in [0.3, 0.4) is 0 Å². The molecule has 3 heterocycles. The Kier molecular flexibility index (Phi) is 4.87. The van der Waals surface area contributed by atoms with Crippen molar-refractivity contribution >= 4 is 34.5 Å². The van der Waals surface area contributed by atoms with E-state index in [4.69, 9.17) is 27.3 Å². The number of anilines is 2. The summed E-state index contributed by atoms with van der Waals surface area (Å²) >= 11 is 5.00. The van der Waals surface area contributed by atoms with Gasteiger partial charge in [0, 0.05) is 36.6 Å². The molecule has 5 rings (SSSR count). The largest absolute Gasteiger partial charge is 0.611 e. The number of rotatable bonds is 4. The maximum absolute atomic E-state index is 12.4. The van der Waals surface area contributed by atoms with Crippen LogP contribution < -0.4 is 16.0 Å². The molecule has 6 nitrogen and oxygen atoms in total. The van der Waals surface area contributed by atoms with Crippen LogP contribution in [0, 0.1) is 0 Å². The number of nitrogens with two attached hydrogens (primary N) is 1. The molecular formula is C20H24ClN5OS. The predicted molar refractivity (Wildman–Crippen MR) is 113 cm³/mol. The molecule has 2 aromatic rings. The van der Waals surface area contributed by atoms with Gasteiger partial charge in [0.2, 0.25) is 10.8 Å². The highest BCUT2D eigenvalue weighted by Crippen LogP contribution is 2.36. The van der Waals surface area contributed by atoms with Crippen molar-refractivity contribution in [3.63, 3.8) is 0 Å². The summed E-state index contributed by atoms with van der Waals surface area (Å²) in [5, 5.41) is 4.19. The molecule has 0 bridgehead atoms. The van der Waals surface area contributed by atoms with Crippen LogP contribution in [0.25, 0.3) is 0 Å². The van der Waals surface area contributed by atoms with Crippen molar-refractivity contribution in [3.8, 4) is 0 Å². The molecule has 148 valence electrons. The minimum atomic E-state index is -1.01. The summed E-state index contributed by atoms with van der Waals surface area (Å²) in [5.74, 6) is 2.66. The van der Waals surface area contributed by atoms with Crippen molar-refractivity contribution in [2.24, 2.45) is 5.73 Å². The van der Waals surface area contributed by atoms with Crippen LogP contribution in [-0.4, -0.2) is 45.4 Å². The first-order valence-corrected chi connectivity index (χ1v) is 11.6. The fourth-order valence-electron chi connectivity index (χ4n) is 4.13. The SMILES string of the molecule is N[C@H]1C[C@@H]1Nc1nc(N2CCC(c3ccc(Cl)cc3)CC2)nc2c1[S+]([O-])CC2. The number of aryl methyl sites for hydroxylation is 1. The van der Waals surface area contributed by atoms with Crippen LogP contribution in [0.4, 0.5) is 11.8 Å². The van der Waals surface area contributed by atoms with Gasteiger partial charge in [-0.15, -0.1) is 0 Å². The molecule has 8 heteroatoms. The Labute approximate surface area is 173 Å². The second-order valence-electron chi connectivity index (χ2n) is 7.91.